The molecule has 18 heavy (non-hydrogen) atoms. The number of rotatable bonds is 6. The van der Waals surface area contributed by atoms with Gasteiger partial charge in [0.05, 0.1) is 6.10 Å². The molecule has 2 rings (SSSR count). The summed E-state index contributed by atoms with van der Waals surface area (Å²) in [5.74, 6) is 0.328. The van der Waals surface area contributed by atoms with Gasteiger partial charge in [-0.1, -0.05) is 31.2 Å². The number of carbonyl (C=O) groups excluding carboxylic acids is 1. The van der Waals surface area contributed by atoms with E-state index in [4.69, 9.17) is 4.74 Å². The van der Waals surface area contributed by atoms with Crippen molar-refractivity contribution in [3.63, 3.8) is 0 Å². The first-order valence-corrected chi connectivity index (χ1v) is 6.99. The molecule has 1 aromatic rings. The van der Waals surface area contributed by atoms with Crippen molar-refractivity contribution < 1.29 is 9.53 Å². The number of ether oxygens (including phenoxy) is 1. The molecule has 0 spiro atoms. The average molecular weight is 246 g/mol. The SMILES string of the molecule is CCc1ccc(CC(=O)CCC2CCCO2)cc1. The Morgan fingerprint density at radius 1 is 1.28 bits per heavy atom. The molecule has 0 amide bonds. The molecule has 2 heteroatoms. The van der Waals surface area contributed by atoms with Crippen LogP contribution in [0.4, 0.5) is 0 Å². The molecule has 1 aliphatic rings. The van der Waals surface area contributed by atoms with Crippen LogP contribution in [0.1, 0.15) is 43.7 Å². The molecule has 98 valence electrons. The summed E-state index contributed by atoms with van der Waals surface area (Å²) in [5.41, 5.74) is 2.45. The number of ketones is 1. The van der Waals surface area contributed by atoms with Crippen molar-refractivity contribution in [1.29, 1.82) is 0 Å². The van der Waals surface area contributed by atoms with Gasteiger partial charge in [0.2, 0.25) is 0 Å². The molecule has 0 N–H and O–H groups in total. The van der Waals surface area contributed by atoms with Crippen LogP contribution in [0.3, 0.4) is 0 Å². The lowest BCUT2D eigenvalue weighted by atomic mass is 10.0. The minimum absolute atomic E-state index is 0.328. The second-order valence-corrected chi connectivity index (χ2v) is 5.06. The van der Waals surface area contributed by atoms with Crippen molar-refractivity contribution in [3.8, 4) is 0 Å². The van der Waals surface area contributed by atoms with Crippen molar-refractivity contribution in [2.75, 3.05) is 6.61 Å². The fraction of sp³-hybridized carbons (Fsp3) is 0.562. The lowest BCUT2D eigenvalue weighted by molar-refractivity contribution is -0.119. The predicted octanol–water partition coefficient (Wildman–Crippen LogP) is 3.32. The van der Waals surface area contributed by atoms with Gasteiger partial charge in [-0.05, 0) is 36.8 Å². The molecule has 1 atom stereocenters. The van der Waals surface area contributed by atoms with Gasteiger partial charge < -0.3 is 4.74 Å². The Kier molecular flexibility index (Phi) is 4.94. The molecule has 2 nitrogen and oxygen atoms in total. The first-order valence-electron chi connectivity index (χ1n) is 6.99. The maximum atomic E-state index is 11.9. The second-order valence-electron chi connectivity index (χ2n) is 5.06. The highest BCUT2D eigenvalue weighted by Gasteiger charge is 2.16. The second kappa shape index (κ2) is 6.69. The molecule has 0 aromatic heterocycles. The monoisotopic (exact) mass is 246 g/mol. The Bertz CT molecular complexity index is 375. The third-order valence-electron chi connectivity index (χ3n) is 3.60. The smallest absolute Gasteiger partial charge is 0.137 e. The van der Waals surface area contributed by atoms with Crippen LogP contribution in [0.25, 0.3) is 0 Å². The van der Waals surface area contributed by atoms with E-state index in [1.54, 1.807) is 0 Å². The molecule has 1 heterocycles. The van der Waals surface area contributed by atoms with Gasteiger partial charge in [0.15, 0.2) is 0 Å². The Morgan fingerprint density at radius 2 is 2.00 bits per heavy atom. The molecule has 1 fully saturated rings. The summed E-state index contributed by atoms with van der Waals surface area (Å²) in [4.78, 5) is 11.9. The van der Waals surface area contributed by atoms with Crippen LogP contribution in [-0.2, 0) is 22.4 Å². The normalized spacial score (nSPS) is 19.1. The molecule has 1 unspecified atom stereocenters. The summed E-state index contributed by atoms with van der Waals surface area (Å²) >= 11 is 0. The van der Waals surface area contributed by atoms with Crippen molar-refractivity contribution >= 4 is 5.78 Å². The van der Waals surface area contributed by atoms with Gasteiger partial charge in [-0.15, -0.1) is 0 Å². The molecule has 0 saturated carbocycles. The van der Waals surface area contributed by atoms with E-state index in [2.05, 4.69) is 31.2 Å². The highest BCUT2D eigenvalue weighted by Crippen LogP contribution is 2.17. The van der Waals surface area contributed by atoms with Crippen LogP contribution in [0.2, 0.25) is 0 Å². The van der Waals surface area contributed by atoms with E-state index in [0.29, 0.717) is 24.7 Å². The standard InChI is InChI=1S/C16H22O2/c1-2-13-5-7-14(8-6-13)12-15(17)9-10-16-4-3-11-18-16/h5-8,16H,2-4,9-12H2,1H3. The van der Waals surface area contributed by atoms with E-state index in [0.717, 1.165) is 37.9 Å². The highest BCUT2D eigenvalue weighted by molar-refractivity contribution is 5.80. The van der Waals surface area contributed by atoms with Gasteiger partial charge in [0, 0.05) is 19.4 Å². The van der Waals surface area contributed by atoms with Gasteiger partial charge in [0.25, 0.3) is 0 Å². The summed E-state index contributed by atoms with van der Waals surface area (Å²) in [5, 5.41) is 0. The third kappa shape index (κ3) is 3.95. The van der Waals surface area contributed by atoms with Gasteiger partial charge in [-0.3, -0.25) is 4.79 Å². The highest BCUT2D eigenvalue weighted by atomic mass is 16.5. The zero-order chi connectivity index (χ0) is 12.8. The number of Topliss-reactive ketones (excluding diaryl/α,β-unsaturated/α-hetero) is 1. The quantitative estimate of drug-likeness (QED) is 0.769. The van der Waals surface area contributed by atoms with Crippen LogP contribution < -0.4 is 0 Å². The van der Waals surface area contributed by atoms with Gasteiger partial charge in [0.1, 0.15) is 5.78 Å². The molecule has 1 saturated heterocycles. The number of aryl methyl sites for hydroxylation is 1. The van der Waals surface area contributed by atoms with E-state index in [9.17, 15) is 4.79 Å². The Hall–Kier alpha value is -1.15. The first kappa shape index (κ1) is 13.3. The van der Waals surface area contributed by atoms with E-state index in [1.807, 2.05) is 0 Å². The zero-order valence-corrected chi connectivity index (χ0v) is 11.2. The fourth-order valence-electron chi connectivity index (χ4n) is 2.40. The molecule has 0 radical (unpaired) electrons. The number of hydrogen-bond donors (Lipinski definition) is 0. The van der Waals surface area contributed by atoms with E-state index in [-0.39, 0.29) is 0 Å². The molecule has 1 aliphatic heterocycles. The zero-order valence-electron chi connectivity index (χ0n) is 11.2. The molecular weight excluding hydrogens is 224 g/mol. The van der Waals surface area contributed by atoms with Gasteiger partial charge >= 0.3 is 0 Å². The van der Waals surface area contributed by atoms with Gasteiger partial charge in [-0.2, -0.15) is 0 Å². The van der Waals surface area contributed by atoms with Crippen molar-refractivity contribution in [2.45, 2.75) is 51.6 Å². The van der Waals surface area contributed by atoms with Crippen molar-refractivity contribution in [2.24, 2.45) is 0 Å². The lowest BCUT2D eigenvalue weighted by Crippen LogP contribution is -2.10. The summed E-state index contributed by atoms with van der Waals surface area (Å²) in [6.45, 7) is 3.01. The fourth-order valence-corrected chi connectivity index (χ4v) is 2.40. The number of carbonyl (C=O) groups is 1. The lowest BCUT2D eigenvalue weighted by Gasteiger charge is -2.08. The maximum Gasteiger partial charge on any atom is 0.137 e. The van der Waals surface area contributed by atoms with Crippen LogP contribution in [-0.4, -0.2) is 18.5 Å². The van der Waals surface area contributed by atoms with E-state index in [1.165, 1.54) is 5.56 Å². The molecule has 0 bridgehead atoms. The summed E-state index contributed by atoms with van der Waals surface area (Å²) in [7, 11) is 0. The first-order chi connectivity index (χ1) is 8.78. The topological polar surface area (TPSA) is 26.3 Å². The Balaban J connectivity index is 1.75. The maximum absolute atomic E-state index is 11.9. The summed E-state index contributed by atoms with van der Waals surface area (Å²) < 4.78 is 5.53. The average Bonchev–Trinajstić information content (AvgIpc) is 2.90. The summed E-state index contributed by atoms with van der Waals surface area (Å²) in [6, 6.07) is 8.37. The molecule has 1 aromatic carbocycles. The molecular formula is C16H22O2. The summed E-state index contributed by atoms with van der Waals surface area (Å²) in [6.07, 6.45) is 5.77. The van der Waals surface area contributed by atoms with E-state index >= 15 is 0 Å². The minimum atomic E-state index is 0.328. The van der Waals surface area contributed by atoms with Crippen molar-refractivity contribution in [1.82, 2.24) is 0 Å². The predicted molar refractivity (Wildman–Crippen MR) is 72.7 cm³/mol. The Morgan fingerprint density at radius 3 is 2.61 bits per heavy atom. The van der Waals surface area contributed by atoms with Crippen LogP contribution in [0.5, 0.6) is 0 Å². The van der Waals surface area contributed by atoms with Crippen molar-refractivity contribution in [3.05, 3.63) is 35.4 Å². The third-order valence-corrected chi connectivity index (χ3v) is 3.60. The van der Waals surface area contributed by atoms with Crippen LogP contribution >= 0.6 is 0 Å². The number of hydrogen-bond acceptors (Lipinski definition) is 2. The Labute approximate surface area is 109 Å². The van der Waals surface area contributed by atoms with Crippen LogP contribution in [0.15, 0.2) is 24.3 Å². The largest absolute Gasteiger partial charge is 0.378 e. The van der Waals surface area contributed by atoms with Gasteiger partial charge in [-0.25, -0.2) is 0 Å². The minimum Gasteiger partial charge on any atom is -0.378 e. The number of benzene rings is 1. The molecule has 0 aliphatic carbocycles. The van der Waals surface area contributed by atoms with E-state index < -0.39 is 0 Å². The van der Waals surface area contributed by atoms with Crippen LogP contribution in [0, 0.1) is 0 Å².